The Labute approximate surface area is 120 Å². The third-order valence-electron chi connectivity index (χ3n) is 4.85. The van der Waals surface area contributed by atoms with Crippen LogP contribution in [0.5, 0.6) is 0 Å². The van der Waals surface area contributed by atoms with Crippen LogP contribution in [0.4, 0.5) is 4.79 Å². The number of nitrogens with one attached hydrogen (secondary N) is 1. The van der Waals surface area contributed by atoms with E-state index < -0.39 is 5.97 Å². The fourth-order valence-corrected chi connectivity index (χ4v) is 3.47. The van der Waals surface area contributed by atoms with Gasteiger partial charge in [-0.15, -0.1) is 0 Å². The molecule has 2 aliphatic rings. The minimum absolute atomic E-state index is 0.0645. The number of amides is 2. The highest BCUT2D eigenvalue weighted by atomic mass is 16.4. The number of likely N-dealkylation sites (tertiary alicyclic amines) is 1. The summed E-state index contributed by atoms with van der Waals surface area (Å²) in [6.45, 7) is 3.69. The maximum atomic E-state index is 12.2. The number of carboxylic acids is 1. The molecule has 2 N–H and O–H groups in total. The van der Waals surface area contributed by atoms with Crippen molar-refractivity contribution in [2.24, 2.45) is 11.8 Å². The van der Waals surface area contributed by atoms with E-state index in [2.05, 4.69) is 12.2 Å². The van der Waals surface area contributed by atoms with Crippen LogP contribution in [0.3, 0.4) is 0 Å². The molecule has 0 radical (unpaired) electrons. The largest absolute Gasteiger partial charge is 0.481 e. The van der Waals surface area contributed by atoms with E-state index >= 15 is 0 Å². The lowest BCUT2D eigenvalue weighted by molar-refractivity contribution is -0.143. The number of rotatable bonds is 4. The number of carbonyl (C=O) groups is 2. The molecule has 0 aromatic heterocycles. The van der Waals surface area contributed by atoms with Crippen LogP contribution in [0, 0.1) is 11.8 Å². The Bertz CT molecular complexity index is 351. The van der Waals surface area contributed by atoms with Gasteiger partial charge in [-0.25, -0.2) is 4.79 Å². The molecule has 0 aromatic rings. The predicted octanol–water partition coefficient (Wildman–Crippen LogP) is 2.46. The van der Waals surface area contributed by atoms with Crippen molar-refractivity contribution in [3.63, 3.8) is 0 Å². The maximum absolute atomic E-state index is 12.2. The molecule has 1 atom stereocenters. The quantitative estimate of drug-likeness (QED) is 0.832. The molecule has 20 heavy (non-hydrogen) atoms. The summed E-state index contributed by atoms with van der Waals surface area (Å²) >= 11 is 0. The van der Waals surface area contributed by atoms with Gasteiger partial charge in [0.15, 0.2) is 0 Å². The maximum Gasteiger partial charge on any atom is 0.317 e. The Hall–Kier alpha value is -1.26. The minimum atomic E-state index is -0.671. The zero-order chi connectivity index (χ0) is 14.5. The van der Waals surface area contributed by atoms with Gasteiger partial charge >= 0.3 is 12.0 Å². The molecular weight excluding hydrogens is 256 g/mol. The topological polar surface area (TPSA) is 69.6 Å². The summed E-state index contributed by atoms with van der Waals surface area (Å²) in [7, 11) is 0. The summed E-state index contributed by atoms with van der Waals surface area (Å²) in [5.41, 5.74) is 0. The fourth-order valence-electron chi connectivity index (χ4n) is 3.47. The number of carbonyl (C=O) groups excluding carboxylic acids is 1. The van der Waals surface area contributed by atoms with Gasteiger partial charge in [0.2, 0.25) is 0 Å². The van der Waals surface area contributed by atoms with Gasteiger partial charge in [-0.05, 0) is 50.9 Å². The SMILES string of the molecule is CCC1CCCN1C(=O)NCC1CCC(C(=O)O)CC1. The van der Waals surface area contributed by atoms with Gasteiger partial charge in [0.05, 0.1) is 5.92 Å². The summed E-state index contributed by atoms with van der Waals surface area (Å²) in [4.78, 5) is 25.0. The molecule has 1 aliphatic carbocycles. The number of aliphatic carboxylic acids is 1. The van der Waals surface area contributed by atoms with Crippen molar-refractivity contribution in [3.05, 3.63) is 0 Å². The highest BCUT2D eigenvalue weighted by Gasteiger charge is 2.29. The number of carboxylic acid groups (broad SMARTS) is 1. The van der Waals surface area contributed by atoms with Crippen LogP contribution < -0.4 is 5.32 Å². The van der Waals surface area contributed by atoms with Crippen molar-refractivity contribution < 1.29 is 14.7 Å². The van der Waals surface area contributed by atoms with Crippen LogP contribution in [0.1, 0.15) is 51.9 Å². The Kier molecular flexibility index (Phi) is 5.26. The molecule has 0 aromatic carbocycles. The van der Waals surface area contributed by atoms with Crippen LogP contribution in [0.25, 0.3) is 0 Å². The smallest absolute Gasteiger partial charge is 0.317 e. The van der Waals surface area contributed by atoms with Crippen LogP contribution in [-0.2, 0) is 4.79 Å². The summed E-state index contributed by atoms with van der Waals surface area (Å²) in [5, 5.41) is 12.0. The van der Waals surface area contributed by atoms with Crippen molar-refractivity contribution in [1.29, 1.82) is 0 Å². The van der Waals surface area contributed by atoms with E-state index in [1.165, 1.54) is 0 Å². The molecular formula is C15H26N2O3. The Morgan fingerprint density at radius 1 is 1.20 bits per heavy atom. The molecule has 2 rings (SSSR count). The third-order valence-corrected chi connectivity index (χ3v) is 4.85. The molecule has 1 saturated carbocycles. The molecule has 5 heteroatoms. The second kappa shape index (κ2) is 6.95. The van der Waals surface area contributed by atoms with Crippen LogP contribution in [0.2, 0.25) is 0 Å². The Morgan fingerprint density at radius 2 is 1.90 bits per heavy atom. The van der Waals surface area contributed by atoms with Gasteiger partial charge in [0.1, 0.15) is 0 Å². The lowest BCUT2D eigenvalue weighted by Crippen LogP contribution is -2.44. The molecule has 2 fully saturated rings. The van der Waals surface area contributed by atoms with E-state index in [0.717, 1.165) is 51.5 Å². The van der Waals surface area contributed by atoms with Crippen LogP contribution >= 0.6 is 0 Å². The van der Waals surface area contributed by atoms with E-state index in [9.17, 15) is 9.59 Å². The van der Waals surface area contributed by atoms with Gasteiger partial charge < -0.3 is 15.3 Å². The van der Waals surface area contributed by atoms with E-state index in [-0.39, 0.29) is 11.9 Å². The Balaban J connectivity index is 1.70. The zero-order valence-corrected chi connectivity index (χ0v) is 12.3. The van der Waals surface area contributed by atoms with Crippen molar-refractivity contribution in [3.8, 4) is 0 Å². The first-order valence-corrected chi connectivity index (χ1v) is 7.89. The van der Waals surface area contributed by atoms with Gasteiger partial charge in [-0.2, -0.15) is 0 Å². The first kappa shape index (κ1) is 15.1. The van der Waals surface area contributed by atoms with Crippen LogP contribution in [0.15, 0.2) is 0 Å². The highest BCUT2D eigenvalue weighted by Crippen LogP contribution is 2.28. The minimum Gasteiger partial charge on any atom is -0.481 e. The number of hydrogen-bond donors (Lipinski definition) is 2. The molecule has 5 nitrogen and oxygen atoms in total. The predicted molar refractivity (Wildman–Crippen MR) is 76.5 cm³/mol. The summed E-state index contributed by atoms with van der Waals surface area (Å²) in [6.07, 6.45) is 6.57. The lowest BCUT2D eigenvalue weighted by atomic mass is 9.82. The average Bonchev–Trinajstić information content (AvgIpc) is 2.93. The zero-order valence-electron chi connectivity index (χ0n) is 12.3. The van der Waals surface area contributed by atoms with Crippen molar-refractivity contribution in [2.75, 3.05) is 13.1 Å². The van der Waals surface area contributed by atoms with Crippen molar-refractivity contribution >= 4 is 12.0 Å². The van der Waals surface area contributed by atoms with Gasteiger partial charge in [-0.1, -0.05) is 6.92 Å². The summed E-state index contributed by atoms with van der Waals surface area (Å²) in [6, 6.07) is 0.465. The second-order valence-electron chi connectivity index (χ2n) is 6.14. The van der Waals surface area contributed by atoms with Crippen molar-refractivity contribution in [2.45, 2.75) is 57.9 Å². The molecule has 1 saturated heterocycles. The van der Waals surface area contributed by atoms with E-state index in [1.807, 2.05) is 4.90 Å². The van der Waals surface area contributed by atoms with Crippen LogP contribution in [-0.4, -0.2) is 41.1 Å². The van der Waals surface area contributed by atoms with E-state index in [4.69, 9.17) is 5.11 Å². The summed E-state index contributed by atoms with van der Waals surface area (Å²) in [5.74, 6) is -0.405. The molecule has 2 amide bonds. The lowest BCUT2D eigenvalue weighted by Gasteiger charge is -2.28. The van der Waals surface area contributed by atoms with E-state index in [0.29, 0.717) is 18.5 Å². The number of nitrogens with zero attached hydrogens (tertiary/aromatic N) is 1. The molecule has 114 valence electrons. The molecule has 0 bridgehead atoms. The Morgan fingerprint density at radius 3 is 2.50 bits per heavy atom. The number of hydrogen-bond acceptors (Lipinski definition) is 2. The first-order chi connectivity index (χ1) is 9.61. The van der Waals surface area contributed by atoms with Gasteiger partial charge in [0.25, 0.3) is 0 Å². The second-order valence-corrected chi connectivity index (χ2v) is 6.14. The standard InChI is InChI=1S/C15H26N2O3/c1-2-13-4-3-9-17(13)15(20)16-10-11-5-7-12(8-6-11)14(18)19/h11-13H,2-10H2,1H3,(H,16,20)(H,18,19). The third kappa shape index (κ3) is 3.64. The van der Waals surface area contributed by atoms with Gasteiger partial charge in [-0.3, -0.25) is 4.79 Å². The highest BCUT2D eigenvalue weighted by molar-refractivity contribution is 5.74. The van der Waals surface area contributed by atoms with Gasteiger partial charge in [0, 0.05) is 19.1 Å². The average molecular weight is 282 g/mol. The molecule has 1 heterocycles. The molecule has 1 unspecified atom stereocenters. The normalized spacial score (nSPS) is 30.2. The van der Waals surface area contributed by atoms with Crippen molar-refractivity contribution in [1.82, 2.24) is 10.2 Å². The monoisotopic (exact) mass is 282 g/mol. The fraction of sp³-hybridized carbons (Fsp3) is 0.867. The van der Waals surface area contributed by atoms with E-state index in [1.54, 1.807) is 0 Å². The summed E-state index contributed by atoms with van der Waals surface area (Å²) < 4.78 is 0. The first-order valence-electron chi connectivity index (χ1n) is 7.89. The molecule has 0 spiro atoms. The number of urea groups is 1. The molecule has 1 aliphatic heterocycles.